The second-order valence-corrected chi connectivity index (χ2v) is 2.24. The third-order valence-electron chi connectivity index (χ3n) is 1.52. The predicted molar refractivity (Wildman–Crippen MR) is 47.6 cm³/mol. The molecule has 2 heteroatoms. The van der Waals surface area contributed by atoms with E-state index < -0.39 is 0 Å². The Balaban J connectivity index is 0.000000461. The van der Waals surface area contributed by atoms with Crippen LogP contribution in [0.5, 0.6) is 0 Å². The van der Waals surface area contributed by atoms with E-state index in [1.165, 1.54) is 0 Å². The van der Waals surface area contributed by atoms with Crippen LogP contribution in [0.25, 0.3) is 0 Å². The maximum atomic E-state index is 10.7. The van der Waals surface area contributed by atoms with E-state index in [1.807, 2.05) is 19.9 Å². The van der Waals surface area contributed by atoms with Gasteiger partial charge in [-0.15, -0.1) is 0 Å². The summed E-state index contributed by atoms with van der Waals surface area (Å²) in [4.78, 5) is 10.7. The quantitative estimate of drug-likeness (QED) is 0.622. The molecule has 0 aliphatic carbocycles. The smallest absolute Gasteiger partial charge is 0.155 e. The molecule has 0 aromatic rings. The molecule has 2 nitrogen and oxygen atoms in total. The molecule has 1 N–H and O–H groups in total. The highest BCUT2D eigenvalue weighted by atomic mass is 16.1. The van der Waals surface area contributed by atoms with Gasteiger partial charge in [-0.1, -0.05) is 19.9 Å². The van der Waals surface area contributed by atoms with Crippen LogP contribution in [-0.2, 0) is 4.79 Å². The van der Waals surface area contributed by atoms with Crippen molar-refractivity contribution in [3.8, 4) is 0 Å². The molecular weight excluding hydrogens is 138 g/mol. The van der Waals surface area contributed by atoms with Crippen molar-refractivity contribution in [1.29, 1.82) is 0 Å². The van der Waals surface area contributed by atoms with Crippen molar-refractivity contribution in [3.63, 3.8) is 0 Å². The van der Waals surface area contributed by atoms with Gasteiger partial charge in [0.15, 0.2) is 5.78 Å². The van der Waals surface area contributed by atoms with Crippen molar-refractivity contribution in [2.75, 3.05) is 13.1 Å². The fourth-order valence-electron chi connectivity index (χ4n) is 0.942. The second-order valence-electron chi connectivity index (χ2n) is 2.24. The van der Waals surface area contributed by atoms with Crippen LogP contribution in [-0.4, -0.2) is 18.9 Å². The van der Waals surface area contributed by atoms with E-state index in [0.717, 1.165) is 25.1 Å². The first kappa shape index (κ1) is 10.4. The van der Waals surface area contributed by atoms with E-state index >= 15 is 0 Å². The van der Waals surface area contributed by atoms with Gasteiger partial charge < -0.3 is 5.32 Å². The Hall–Kier alpha value is -0.630. The van der Waals surface area contributed by atoms with Crippen LogP contribution in [0.1, 0.15) is 27.2 Å². The lowest BCUT2D eigenvalue weighted by molar-refractivity contribution is -0.113. The van der Waals surface area contributed by atoms with Gasteiger partial charge in [-0.25, -0.2) is 0 Å². The summed E-state index contributed by atoms with van der Waals surface area (Å²) in [6.45, 7) is 7.43. The number of rotatable bonds is 1. The van der Waals surface area contributed by atoms with E-state index in [4.69, 9.17) is 0 Å². The summed E-state index contributed by atoms with van der Waals surface area (Å²) in [7, 11) is 0. The summed E-state index contributed by atoms with van der Waals surface area (Å²) in [5.74, 6) is 0.219. The molecule has 64 valence electrons. The molecular formula is C9H17NO. The van der Waals surface area contributed by atoms with Gasteiger partial charge in [0, 0.05) is 6.54 Å². The number of carbonyl (C=O) groups excluding carboxylic acids is 1. The van der Waals surface area contributed by atoms with Gasteiger partial charge in [-0.3, -0.25) is 4.79 Å². The Morgan fingerprint density at radius 2 is 2.18 bits per heavy atom. The number of nitrogens with one attached hydrogen (secondary N) is 1. The van der Waals surface area contributed by atoms with Crippen molar-refractivity contribution >= 4 is 5.78 Å². The standard InChI is InChI=1S/C7H11NO.C2H6/c1-6(9)7-2-4-8-5-3-7;1-2/h2,8H,3-5H2,1H3;1-2H3. The Labute approximate surface area is 68.7 Å². The first-order chi connectivity index (χ1) is 5.30. The first-order valence-electron chi connectivity index (χ1n) is 4.21. The predicted octanol–water partition coefficient (Wildman–Crippen LogP) is 1.52. The zero-order valence-corrected chi connectivity index (χ0v) is 7.61. The number of ketones is 1. The Bertz CT molecular complexity index is 150. The van der Waals surface area contributed by atoms with Crippen LogP contribution >= 0.6 is 0 Å². The van der Waals surface area contributed by atoms with Crippen LogP contribution in [0.4, 0.5) is 0 Å². The largest absolute Gasteiger partial charge is 0.313 e. The molecule has 1 heterocycles. The number of hydrogen-bond acceptors (Lipinski definition) is 2. The lowest BCUT2D eigenvalue weighted by Gasteiger charge is -2.10. The third-order valence-corrected chi connectivity index (χ3v) is 1.52. The summed E-state index contributed by atoms with van der Waals surface area (Å²) in [6.07, 6.45) is 2.86. The van der Waals surface area contributed by atoms with Crippen LogP contribution in [0.15, 0.2) is 11.6 Å². The molecule has 0 atom stereocenters. The molecule has 0 fully saturated rings. The van der Waals surface area contributed by atoms with E-state index in [2.05, 4.69) is 5.32 Å². The van der Waals surface area contributed by atoms with Gasteiger partial charge in [0.2, 0.25) is 0 Å². The van der Waals surface area contributed by atoms with Crippen LogP contribution in [0, 0.1) is 0 Å². The van der Waals surface area contributed by atoms with E-state index in [9.17, 15) is 4.79 Å². The fourth-order valence-corrected chi connectivity index (χ4v) is 0.942. The molecule has 1 aliphatic rings. The van der Waals surface area contributed by atoms with Gasteiger partial charge in [0.25, 0.3) is 0 Å². The van der Waals surface area contributed by atoms with Crippen molar-refractivity contribution in [1.82, 2.24) is 5.32 Å². The van der Waals surface area contributed by atoms with E-state index in [1.54, 1.807) is 6.92 Å². The highest BCUT2D eigenvalue weighted by molar-refractivity contribution is 5.93. The van der Waals surface area contributed by atoms with Crippen molar-refractivity contribution in [2.45, 2.75) is 27.2 Å². The highest BCUT2D eigenvalue weighted by Crippen LogP contribution is 2.03. The third kappa shape index (κ3) is 3.94. The lowest BCUT2D eigenvalue weighted by Crippen LogP contribution is -2.22. The molecule has 0 aromatic heterocycles. The van der Waals surface area contributed by atoms with Gasteiger partial charge in [0.1, 0.15) is 0 Å². The van der Waals surface area contributed by atoms with Crippen LogP contribution < -0.4 is 5.32 Å². The molecule has 1 aliphatic heterocycles. The van der Waals surface area contributed by atoms with Gasteiger partial charge in [0.05, 0.1) is 0 Å². The van der Waals surface area contributed by atoms with Crippen LogP contribution in [0.3, 0.4) is 0 Å². The summed E-state index contributed by atoms with van der Waals surface area (Å²) in [5.41, 5.74) is 0.980. The zero-order chi connectivity index (χ0) is 8.69. The minimum atomic E-state index is 0.219. The highest BCUT2D eigenvalue weighted by Gasteiger charge is 2.05. The second kappa shape index (κ2) is 6.10. The monoisotopic (exact) mass is 155 g/mol. The van der Waals surface area contributed by atoms with Gasteiger partial charge >= 0.3 is 0 Å². The Kier molecular flexibility index (Phi) is 5.75. The maximum Gasteiger partial charge on any atom is 0.155 e. The summed E-state index contributed by atoms with van der Waals surface area (Å²) in [5, 5.41) is 3.14. The normalized spacial score (nSPS) is 16.1. The molecule has 0 aromatic carbocycles. The topological polar surface area (TPSA) is 29.1 Å². The minimum absolute atomic E-state index is 0.219. The average molecular weight is 155 g/mol. The molecule has 0 radical (unpaired) electrons. The summed E-state index contributed by atoms with van der Waals surface area (Å²) < 4.78 is 0. The molecule has 0 saturated carbocycles. The molecule has 1 rings (SSSR count). The van der Waals surface area contributed by atoms with Crippen molar-refractivity contribution < 1.29 is 4.79 Å². The molecule has 0 bridgehead atoms. The molecule has 0 unspecified atom stereocenters. The SMILES string of the molecule is CC.CC(=O)C1=CCNCC1. The number of carbonyl (C=O) groups is 1. The number of Topliss-reactive ketones (excluding diaryl/α,β-unsaturated/α-hetero) is 1. The van der Waals surface area contributed by atoms with E-state index in [0.29, 0.717) is 0 Å². The zero-order valence-electron chi connectivity index (χ0n) is 7.61. The summed E-state index contributed by atoms with van der Waals surface area (Å²) >= 11 is 0. The summed E-state index contributed by atoms with van der Waals surface area (Å²) in [6, 6.07) is 0. The maximum absolute atomic E-state index is 10.7. The van der Waals surface area contributed by atoms with Gasteiger partial charge in [-0.05, 0) is 25.5 Å². The van der Waals surface area contributed by atoms with E-state index in [-0.39, 0.29) is 5.78 Å². The van der Waals surface area contributed by atoms with Gasteiger partial charge in [-0.2, -0.15) is 0 Å². The number of hydrogen-bond donors (Lipinski definition) is 1. The fraction of sp³-hybridized carbons (Fsp3) is 0.667. The minimum Gasteiger partial charge on any atom is -0.313 e. The van der Waals surface area contributed by atoms with Crippen molar-refractivity contribution in [2.24, 2.45) is 0 Å². The Morgan fingerprint density at radius 1 is 1.55 bits per heavy atom. The average Bonchev–Trinajstić information content (AvgIpc) is 2.10. The molecule has 0 spiro atoms. The first-order valence-corrected chi connectivity index (χ1v) is 4.21. The van der Waals surface area contributed by atoms with Crippen LogP contribution in [0.2, 0.25) is 0 Å². The Morgan fingerprint density at radius 3 is 2.45 bits per heavy atom. The molecule has 0 saturated heterocycles. The molecule has 0 amide bonds. The van der Waals surface area contributed by atoms with Crippen molar-refractivity contribution in [3.05, 3.63) is 11.6 Å². The lowest BCUT2D eigenvalue weighted by atomic mass is 10.1. The molecule has 11 heavy (non-hydrogen) atoms.